The number of nitro groups is 1. The van der Waals surface area contributed by atoms with Gasteiger partial charge in [0.15, 0.2) is 4.34 Å². The molecule has 2 N–H and O–H groups in total. The minimum atomic E-state index is -0.533. The highest BCUT2D eigenvalue weighted by molar-refractivity contribution is 8.01. The van der Waals surface area contributed by atoms with E-state index in [1.165, 1.54) is 24.5 Å². The lowest BCUT2D eigenvalue weighted by Gasteiger charge is -2.06. The molecule has 0 bridgehead atoms. The summed E-state index contributed by atoms with van der Waals surface area (Å²) in [4.78, 5) is 31.1. The number of non-ortho nitro benzene ring substituents is 1. The molecule has 0 atom stereocenters. The number of benzene rings is 2. The number of carbonyl (C=O) groups is 1. The molecule has 0 saturated heterocycles. The number of rotatable bonds is 5. The maximum absolute atomic E-state index is 12.2. The summed E-state index contributed by atoms with van der Waals surface area (Å²) in [6.07, 6.45) is 1.36. The smallest absolute Gasteiger partial charge is 0.308 e. The van der Waals surface area contributed by atoms with Gasteiger partial charge >= 0.3 is 6.03 Å². The van der Waals surface area contributed by atoms with Crippen LogP contribution in [0.25, 0.3) is 10.9 Å². The van der Waals surface area contributed by atoms with Gasteiger partial charge in [-0.15, -0.1) is 10.2 Å². The topological polar surface area (TPSA) is 136 Å². The van der Waals surface area contributed by atoms with E-state index in [4.69, 9.17) is 23.2 Å². The molecule has 2 heterocycles. The molecule has 156 valence electrons. The molecule has 0 saturated carbocycles. The van der Waals surface area contributed by atoms with Gasteiger partial charge in [0.05, 0.1) is 20.5 Å². The van der Waals surface area contributed by atoms with E-state index in [1.807, 2.05) is 0 Å². The second-order valence-electron chi connectivity index (χ2n) is 5.82. The Morgan fingerprint density at radius 2 is 1.90 bits per heavy atom. The Morgan fingerprint density at radius 1 is 1.06 bits per heavy atom. The predicted octanol–water partition coefficient (Wildman–Crippen LogP) is 5.49. The van der Waals surface area contributed by atoms with Crippen LogP contribution in [0.1, 0.15) is 0 Å². The summed E-state index contributed by atoms with van der Waals surface area (Å²) < 4.78 is 0.483. The summed E-state index contributed by atoms with van der Waals surface area (Å²) in [6.45, 7) is 0. The lowest BCUT2D eigenvalue weighted by Crippen LogP contribution is -2.19. The van der Waals surface area contributed by atoms with Crippen LogP contribution in [0, 0.1) is 10.1 Å². The van der Waals surface area contributed by atoms with Crippen molar-refractivity contribution in [1.82, 2.24) is 20.2 Å². The minimum absolute atomic E-state index is 0.0669. The molecule has 4 aromatic rings. The van der Waals surface area contributed by atoms with Gasteiger partial charge in [-0.1, -0.05) is 34.5 Å². The Balaban J connectivity index is 1.48. The Bertz CT molecular complexity index is 1320. The van der Waals surface area contributed by atoms with Crippen LogP contribution in [0.3, 0.4) is 0 Å². The first-order valence-corrected chi connectivity index (χ1v) is 10.7. The number of hydrogen-bond acceptors (Lipinski definition) is 9. The molecule has 0 radical (unpaired) electrons. The second kappa shape index (κ2) is 8.98. The van der Waals surface area contributed by atoms with Crippen LogP contribution in [0.4, 0.5) is 21.3 Å². The van der Waals surface area contributed by atoms with Crippen molar-refractivity contribution in [3.05, 3.63) is 62.9 Å². The van der Waals surface area contributed by atoms with Crippen molar-refractivity contribution < 1.29 is 9.72 Å². The highest BCUT2D eigenvalue weighted by Crippen LogP contribution is 2.35. The van der Waals surface area contributed by atoms with Gasteiger partial charge in [-0.2, -0.15) is 0 Å². The number of nitrogens with zero attached hydrogens (tertiary/aromatic N) is 5. The molecule has 0 fully saturated rings. The number of urea groups is 1. The Labute approximate surface area is 192 Å². The van der Waals surface area contributed by atoms with Crippen molar-refractivity contribution in [2.75, 3.05) is 10.6 Å². The monoisotopic (exact) mass is 493 g/mol. The molecule has 0 aliphatic carbocycles. The molecule has 2 aromatic heterocycles. The quantitative estimate of drug-likeness (QED) is 0.161. The van der Waals surface area contributed by atoms with Crippen molar-refractivity contribution in [3.63, 3.8) is 0 Å². The Morgan fingerprint density at radius 3 is 2.68 bits per heavy atom. The summed E-state index contributed by atoms with van der Waals surface area (Å²) in [5.41, 5.74) is 0.953. The van der Waals surface area contributed by atoms with Crippen molar-refractivity contribution in [3.8, 4) is 0 Å². The van der Waals surface area contributed by atoms with Gasteiger partial charge < -0.3 is 5.32 Å². The number of amides is 2. The van der Waals surface area contributed by atoms with Crippen LogP contribution in [0.2, 0.25) is 10.0 Å². The average Bonchev–Trinajstić information content (AvgIpc) is 3.17. The molecular formula is C17H9Cl2N7O3S2. The maximum Gasteiger partial charge on any atom is 0.325 e. The second-order valence-corrected chi connectivity index (χ2v) is 8.85. The van der Waals surface area contributed by atoms with Crippen LogP contribution in [-0.2, 0) is 0 Å². The fourth-order valence-corrected chi connectivity index (χ4v) is 4.46. The van der Waals surface area contributed by atoms with Gasteiger partial charge in [0, 0.05) is 23.2 Å². The first kappa shape index (κ1) is 21.2. The first-order valence-electron chi connectivity index (χ1n) is 8.32. The number of anilines is 2. The molecule has 0 spiro atoms. The number of hydrogen-bond donors (Lipinski definition) is 2. The van der Waals surface area contributed by atoms with Gasteiger partial charge in [0.2, 0.25) is 5.13 Å². The predicted molar refractivity (Wildman–Crippen MR) is 119 cm³/mol. The van der Waals surface area contributed by atoms with Gasteiger partial charge in [-0.25, -0.2) is 14.8 Å². The van der Waals surface area contributed by atoms with Gasteiger partial charge in [-0.3, -0.25) is 15.4 Å². The summed E-state index contributed by atoms with van der Waals surface area (Å²) in [6, 6.07) is 8.49. The molecule has 2 amide bonds. The van der Waals surface area contributed by atoms with E-state index in [-0.39, 0.29) is 10.8 Å². The SMILES string of the molecule is O=C(Nc1ccc(Cl)c(Cl)c1)Nc1nnc(Sc2ncnc3ccc([N+](=O)[O-])cc23)s1. The molecule has 4 rings (SSSR count). The van der Waals surface area contributed by atoms with E-state index in [0.717, 1.165) is 23.1 Å². The third kappa shape index (κ3) is 4.99. The summed E-state index contributed by atoms with van der Waals surface area (Å²) in [5, 5.41) is 26.1. The fraction of sp³-hybridized carbons (Fsp3) is 0. The number of aromatic nitrogens is 4. The third-order valence-corrected chi connectivity index (χ3v) is 6.43. The van der Waals surface area contributed by atoms with E-state index < -0.39 is 11.0 Å². The van der Waals surface area contributed by atoms with Crippen molar-refractivity contribution in [1.29, 1.82) is 0 Å². The largest absolute Gasteiger partial charge is 0.325 e. The number of nitrogens with one attached hydrogen (secondary N) is 2. The van der Waals surface area contributed by atoms with Crippen molar-refractivity contribution in [2.45, 2.75) is 9.37 Å². The molecule has 0 unspecified atom stereocenters. The fourth-order valence-electron chi connectivity index (χ4n) is 2.43. The van der Waals surface area contributed by atoms with Crippen LogP contribution in [0.5, 0.6) is 0 Å². The van der Waals surface area contributed by atoms with Gasteiger partial charge in [0.1, 0.15) is 11.4 Å². The van der Waals surface area contributed by atoms with Gasteiger partial charge in [-0.05, 0) is 36.0 Å². The van der Waals surface area contributed by atoms with Gasteiger partial charge in [0.25, 0.3) is 5.69 Å². The molecule has 31 heavy (non-hydrogen) atoms. The minimum Gasteiger partial charge on any atom is -0.308 e. The summed E-state index contributed by atoms with van der Waals surface area (Å²) in [5.74, 6) is 0. The van der Waals surface area contributed by atoms with E-state index in [9.17, 15) is 14.9 Å². The zero-order chi connectivity index (χ0) is 22.0. The average molecular weight is 494 g/mol. The zero-order valence-corrected chi connectivity index (χ0v) is 18.2. The summed E-state index contributed by atoms with van der Waals surface area (Å²) in [7, 11) is 0. The van der Waals surface area contributed by atoms with E-state index in [0.29, 0.717) is 36.0 Å². The van der Waals surface area contributed by atoms with Crippen LogP contribution < -0.4 is 10.6 Å². The maximum atomic E-state index is 12.2. The number of fused-ring (bicyclic) bond motifs is 1. The molecule has 0 aliphatic rings. The Hall–Kier alpha value is -3.06. The van der Waals surface area contributed by atoms with E-state index in [2.05, 4.69) is 30.8 Å². The highest BCUT2D eigenvalue weighted by atomic mass is 35.5. The molecule has 14 heteroatoms. The third-order valence-electron chi connectivity index (χ3n) is 3.78. The lowest BCUT2D eigenvalue weighted by molar-refractivity contribution is -0.384. The molecule has 2 aromatic carbocycles. The van der Waals surface area contributed by atoms with Crippen LogP contribution in [-0.4, -0.2) is 31.1 Å². The van der Waals surface area contributed by atoms with E-state index >= 15 is 0 Å². The van der Waals surface area contributed by atoms with Crippen molar-refractivity contribution >= 4 is 79.7 Å². The van der Waals surface area contributed by atoms with E-state index in [1.54, 1.807) is 18.2 Å². The standard InChI is InChI=1S/C17H9Cl2N7O3S2/c18-11-3-1-8(5-12(11)19)22-15(27)23-16-24-25-17(31-16)30-14-10-6-9(26(28)29)2-4-13(10)20-7-21-14/h1-7H,(H2,22,23,24,27). The Kier molecular flexibility index (Phi) is 6.13. The zero-order valence-electron chi connectivity index (χ0n) is 15.1. The van der Waals surface area contributed by atoms with Crippen molar-refractivity contribution in [2.24, 2.45) is 0 Å². The molecule has 0 aliphatic heterocycles. The van der Waals surface area contributed by atoms with Crippen LogP contribution >= 0.6 is 46.3 Å². The highest BCUT2D eigenvalue weighted by Gasteiger charge is 2.15. The number of carbonyl (C=O) groups excluding carboxylic acids is 1. The first-order chi connectivity index (χ1) is 14.9. The number of nitro benzene ring substituents is 1. The summed E-state index contributed by atoms with van der Waals surface area (Å²) >= 11 is 14.1. The molecule has 10 nitrogen and oxygen atoms in total. The molecular weight excluding hydrogens is 485 g/mol. The normalized spacial score (nSPS) is 10.8. The lowest BCUT2D eigenvalue weighted by atomic mass is 10.2. The number of halogens is 2. The van der Waals surface area contributed by atoms with Crippen LogP contribution in [0.15, 0.2) is 52.1 Å².